The van der Waals surface area contributed by atoms with Crippen molar-refractivity contribution in [2.45, 2.75) is 25.7 Å². The monoisotopic (exact) mass is 369 g/mol. The van der Waals surface area contributed by atoms with E-state index in [2.05, 4.69) is 0 Å². The van der Waals surface area contributed by atoms with Crippen molar-refractivity contribution >= 4 is 40.5 Å². The number of rotatable bonds is 5. The molecule has 0 heterocycles. The quantitative estimate of drug-likeness (QED) is 0.854. The van der Waals surface area contributed by atoms with E-state index in [0.717, 1.165) is 11.1 Å². The van der Waals surface area contributed by atoms with Gasteiger partial charge in [-0.2, -0.15) is 0 Å². The molecule has 0 fully saturated rings. The molecule has 0 amide bonds. The van der Waals surface area contributed by atoms with Crippen molar-refractivity contribution in [3.8, 4) is 5.75 Å². The Kier molecular flexibility index (Phi) is 4.60. The average molecular weight is 370 g/mol. The SMILES string of the molecule is O=C([O-])COc1cc2c(c(Cl)c1Cl)C1=CC(=O)CCC1(CCO)C2. The van der Waals surface area contributed by atoms with Gasteiger partial charge in [0.15, 0.2) is 5.78 Å². The molecule has 2 aliphatic carbocycles. The molecule has 1 aromatic carbocycles. The van der Waals surface area contributed by atoms with Crippen molar-refractivity contribution in [2.24, 2.45) is 5.41 Å². The average Bonchev–Trinajstić information content (AvgIpc) is 2.83. The van der Waals surface area contributed by atoms with Crippen molar-refractivity contribution < 1.29 is 24.5 Å². The third kappa shape index (κ3) is 2.81. The molecule has 0 saturated heterocycles. The van der Waals surface area contributed by atoms with Crippen molar-refractivity contribution in [3.63, 3.8) is 0 Å². The van der Waals surface area contributed by atoms with Crippen LogP contribution in [0.25, 0.3) is 5.57 Å². The lowest BCUT2D eigenvalue weighted by atomic mass is 9.70. The number of allylic oxidation sites excluding steroid dienone is 2. The van der Waals surface area contributed by atoms with Crippen LogP contribution in [-0.4, -0.2) is 30.1 Å². The molecule has 128 valence electrons. The summed E-state index contributed by atoms with van der Waals surface area (Å²) in [5.41, 5.74) is 2.00. The highest BCUT2D eigenvalue weighted by Crippen LogP contribution is 2.57. The predicted octanol–water partition coefficient (Wildman–Crippen LogP) is 1.79. The Bertz CT molecular complexity index is 756. The van der Waals surface area contributed by atoms with Crippen LogP contribution in [-0.2, 0) is 16.0 Å². The Balaban J connectivity index is 2.09. The number of ketones is 1. The van der Waals surface area contributed by atoms with Gasteiger partial charge < -0.3 is 19.7 Å². The summed E-state index contributed by atoms with van der Waals surface area (Å²) in [4.78, 5) is 22.5. The van der Waals surface area contributed by atoms with Crippen LogP contribution in [0.2, 0.25) is 10.0 Å². The molecule has 0 saturated carbocycles. The number of fused-ring (bicyclic) bond motifs is 3. The van der Waals surface area contributed by atoms with Crippen LogP contribution < -0.4 is 9.84 Å². The largest absolute Gasteiger partial charge is 0.546 e. The number of halogens is 2. The minimum absolute atomic E-state index is 0.00108. The van der Waals surface area contributed by atoms with Crippen LogP contribution in [0.3, 0.4) is 0 Å². The Hall–Kier alpha value is -1.56. The van der Waals surface area contributed by atoms with Crippen LogP contribution in [0.1, 0.15) is 30.4 Å². The number of carboxylic acids is 1. The number of aliphatic carboxylic acids is 1. The highest BCUT2D eigenvalue weighted by atomic mass is 35.5. The molecule has 0 aliphatic heterocycles. The maximum absolute atomic E-state index is 11.9. The second-order valence-electron chi connectivity index (χ2n) is 6.15. The van der Waals surface area contributed by atoms with Crippen molar-refractivity contribution in [2.75, 3.05) is 13.2 Å². The summed E-state index contributed by atoms with van der Waals surface area (Å²) in [5.74, 6) is -1.16. The van der Waals surface area contributed by atoms with Gasteiger partial charge in [-0.05, 0) is 42.5 Å². The number of aliphatic hydroxyl groups is 1. The van der Waals surface area contributed by atoms with E-state index in [1.54, 1.807) is 12.1 Å². The van der Waals surface area contributed by atoms with Crippen LogP contribution in [0.4, 0.5) is 0 Å². The second kappa shape index (κ2) is 6.39. The van der Waals surface area contributed by atoms with E-state index < -0.39 is 12.6 Å². The van der Waals surface area contributed by atoms with Gasteiger partial charge in [0.05, 0.1) is 11.0 Å². The second-order valence-corrected chi connectivity index (χ2v) is 6.91. The third-order valence-corrected chi connectivity index (χ3v) is 5.57. The normalized spacial score (nSPS) is 22.0. The predicted molar refractivity (Wildman–Crippen MR) is 87.0 cm³/mol. The zero-order valence-corrected chi connectivity index (χ0v) is 14.2. The minimum atomic E-state index is -1.36. The lowest BCUT2D eigenvalue weighted by Crippen LogP contribution is -2.29. The molecule has 24 heavy (non-hydrogen) atoms. The first-order valence-electron chi connectivity index (χ1n) is 7.58. The lowest BCUT2D eigenvalue weighted by Gasteiger charge is -2.33. The molecule has 1 aromatic rings. The fraction of sp³-hybridized carbons (Fsp3) is 0.412. The van der Waals surface area contributed by atoms with E-state index in [-0.39, 0.29) is 33.6 Å². The number of hydrogen-bond donors (Lipinski definition) is 1. The van der Waals surface area contributed by atoms with Crippen LogP contribution in [0.5, 0.6) is 5.75 Å². The molecule has 1 atom stereocenters. The summed E-state index contributed by atoms with van der Waals surface area (Å²) in [5, 5.41) is 20.4. The Morgan fingerprint density at radius 1 is 1.38 bits per heavy atom. The Morgan fingerprint density at radius 3 is 2.79 bits per heavy atom. The summed E-state index contributed by atoms with van der Waals surface area (Å²) < 4.78 is 5.16. The number of hydrogen-bond acceptors (Lipinski definition) is 5. The molecular formula is C17H15Cl2O5-. The maximum atomic E-state index is 11.9. The number of benzene rings is 1. The van der Waals surface area contributed by atoms with Crippen LogP contribution >= 0.6 is 23.2 Å². The standard InChI is InChI=1S/C17H16Cl2O5/c18-15-12(24-8-13(22)23)5-9-7-17(3-4-20)2-1-10(21)6-11(17)14(9)16(15)19/h5-6,20H,1-4,7-8H2,(H,22,23)/p-1. The van der Waals surface area contributed by atoms with Gasteiger partial charge in [0, 0.05) is 24.0 Å². The maximum Gasteiger partial charge on any atom is 0.156 e. The minimum Gasteiger partial charge on any atom is -0.546 e. The Morgan fingerprint density at radius 2 is 2.12 bits per heavy atom. The first-order valence-corrected chi connectivity index (χ1v) is 8.33. The van der Waals surface area contributed by atoms with Crippen LogP contribution in [0, 0.1) is 5.41 Å². The summed E-state index contributed by atoms with van der Waals surface area (Å²) in [6, 6.07) is 1.66. The number of carbonyl (C=O) groups is 2. The zero-order chi connectivity index (χ0) is 17.5. The molecular weight excluding hydrogens is 355 g/mol. The molecule has 7 heteroatoms. The van der Waals surface area contributed by atoms with Crippen molar-refractivity contribution in [1.29, 1.82) is 0 Å². The van der Waals surface area contributed by atoms with Gasteiger partial charge in [-0.1, -0.05) is 23.2 Å². The molecule has 0 aromatic heterocycles. The molecule has 0 radical (unpaired) electrons. The third-order valence-electron chi connectivity index (χ3n) is 4.72. The molecule has 1 N–H and O–H groups in total. The summed E-state index contributed by atoms with van der Waals surface area (Å²) in [6.45, 7) is -0.628. The fourth-order valence-electron chi connectivity index (χ4n) is 3.66. The smallest absolute Gasteiger partial charge is 0.156 e. The number of carbonyl (C=O) groups excluding carboxylic acids is 2. The zero-order valence-electron chi connectivity index (χ0n) is 12.7. The number of carboxylic acid groups (broad SMARTS) is 1. The number of ether oxygens (including phenoxy) is 1. The summed E-state index contributed by atoms with van der Waals surface area (Å²) >= 11 is 12.6. The fourth-order valence-corrected chi connectivity index (χ4v) is 4.18. The van der Waals surface area contributed by atoms with Gasteiger partial charge in [-0.25, -0.2) is 0 Å². The van der Waals surface area contributed by atoms with Gasteiger partial charge in [-0.3, -0.25) is 4.79 Å². The van der Waals surface area contributed by atoms with Gasteiger partial charge in [0.1, 0.15) is 17.4 Å². The van der Waals surface area contributed by atoms with E-state index >= 15 is 0 Å². The molecule has 1 unspecified atom stereocenters. The Labute approximate surface area is 148 Å². The highest BCUT2D eigenvalue weighted by molar-refractivity contribution is 6.44. The summed E-state index contributed by atoms with van der Waals surface area (Å²) in [7, 11) is 0. The highest BCUT2D eigenvalue weighted by Gasteiger charge is 2.45. The first kappa shape index (κ1) is 17.3. The van der Waals surface area contributed by atoms with E-state index in [1.165, 1.54) is 0 Å². The topological polar surface area (TPSA) is 86.7 Å². The molecule has 2 aliphatic rings. The first-order chi connectivity index (χ1) is 11.4. The van der Waals surface area contributed by atoms with Gasteiger partial charge in [-0.15, -0.1) is 0 Å². The van der Waals surface area contributed by atoms with Gasteiger partial charge >= 0.3 is 0 Å². The van der Waals surface area contributed by atoms with Gasteiger partial charge in [0.2, 0.25) is 0 Å². The molecule has 5 nitrogen and oxygen atoms in total. The van der Waals surface area contributed by atoms with E-state index in [9.17, 15) is 19.8 Å². The van der Waals surface area contributed by atoms with Gasteiger partial charge in [0.25, 0.3) is 0 Å². The van der Waals surface area contributed by atoms with E-state index in [4.69, 9.17) is 27.9 Å². The van der Waals surface area contributed by atoms with Crippen molar-refractivity contribution in [3.05, 3.63) is 33.3 Å². The molecule has 3 rings (SSSR count). The number of aliphatic hydroxyl groups excluding tert-OH is 1. The lowest BCUT2D eigenvalue weighted by molar-refractivity contribution is -0.307. The molecule has 0 bridgehead atoms. The van der Waals surface area contributed by atoms with Crippen LogP contribution in [0.15, 0.2) is 12.1 Å². The molecule has 0 spiro atoms. The van der Waals surface area contributed by atoms with Crippen molar-refractivity contribution in [1.82, 2.24) is 0 Å². The van der Waals surface area contributed by atoms with E-state index in [1.807, 2.05) is 0 Å². The van der Waals surface area contributed by atoms with E-state index in [0.29, 0.717) is 31.2 Å². The summed E-state index contributed by atoms with van der Waals surface area (Å²) in [6.07, 6.45) is 3.77.